The van der Waals surface area contributed by atoms with E-state index in [0.717, 1.165) is 41.9 Å². The second kappa shape index (κ2) is 12.1. The minimum absolute atomic E-state index is 0.00914. The number of urea groups is 1. The molecule has 1 aromatic carbocycles. The van der Waals surface area contributed by atoms with Gasteiger partial charge in [0.2, 0.25) is 9.84 Å². The van der Waals surface area contributed by atoms with E-state index in [0.29, 0.717) is 11.3 Å². The molecule has 4 aromatic rings. The second-order valence-electron chi connectivity index (χ2n) is 8.85. The number of sulfone groups is 1. The number of hydrogen-bond donors (Lipinski definition) is 2. The molecule has 2 amide bonds. The standard InChI is InChI=1S/C27H25N5O4S3/c33-23(18-9-4-5-10-18)20-13-8-16-29-24(20)31-26(34)32-27-30-21(17-37-19-11-2-1-3-12-19)25(38-27)39(35,36)22-14-6-7-15-28-22/h1-3,6-8,11-16,18H,4-5,9-10,17H2,(H2,29,30,31,32,34). The monoisotopic (exact) mass is 579 g/mol. The van der Waals surface area contributed by atoms with Gasteiger partial charge in [0.05, 0.1) is 11.3 Å². The van der Waals surface area contributed by atoms with E-state index in [4.69, 9.17) is 0 Å². The maximum atomic E-state index is 13.4. The van der Waals surface area contributed by atoms with E-state index in [-0.39, 0.29) is 37.6 Å². The lowest BCUT2D eigenvalue weighted by Gasteiger charge is -2.12. The molecule has 0 unspecified atom stereocenters. The quantitative estimate of drug-likeness (QED) is 0.180. The van der Waals surface area contributed by atoms with E-state index in [1.54, 1.807) is 24.3 Å². The van der Waals surface area contributed by atoms with Gasteiger partial charge in [0.1, 0.15) is 5.82 Å². The first-order valence-corrected chi connectivity index (χ1v) is 15.6. The van der Waals surface area contributed by atoms with Gasteiger partial charge in [0, 0.05) is 29.0 Å². The summed E-state index contributed by atoms with van der Waals surface area (Å²) in [6.07, 6.45) is 6.60. The third-order valence-electron chi connectivity index (χ3n) is 6.19. The Kier molecular flexibility index (Phi) is 8.34. The largest absolute Gasteiger partial charge is 0.326 e. The van der Waals surface area contributed by atoms with E-state index < -0.39 is 15.9 Å². The number of thioether (sulfide) groups is 1. The van der Waals surface area contributed by atoms with Crippen molar-refractivity contribution in [3.05, 3.63) is 84.3 Å². The van der Waals surface area contributed by atoms with Gasteiger partial charge in [-0.1, -0.05) is 48.4 Å². The van der Waals surface area contributed by atoms with E-state index in [1.165, 1.54) is 30.2 Å². The van der Waals surface area contributed by atoms with Crippen LogP contribution in [0.15, 0.2) is 87.2 Å². The van der Waals surface area contributed by atoms with E-state index >= 15 is 0 Å². The van der Waals surface area contributed by atoms with Gasteiger partial charge in [0.15, 0.2) is 20.1 Å². The van der Waals surface area contributed by atoms with Gasteiger partial charge in [0.25, 0.3) is 0 Å². The molecular weight excluding hydrogens is 555 g/mol. The topological polar surface area (TPSA) is 131 Å². The number of benzene rings is 1. The number of ketones is 1. The van der Waals surface area contributed by atoms with Crippen LogP contribution in [-0.2, 0) is 15.6 Å². The lowest BCUT2D eigenvalue weighted by Crippen LogP contribution is -2.23. The molecule has 1 aliphatic rings. The van der Waals surface area contributed by atoms with Crippen molar-refractivity contribution in [3.8, 4) is 0 Å². The van der Waals surface area contributed by atoms with Gasteiger partial charge in [-0.05, 0) is 49.2 Å². The maximum Gasteiger partial charge on any atom is 0.326 e. The Morgan fingerprint density at radius 3 is 2.41 bits per heavy atom. The number of carbonyl (C=O) groups is 2. The Bertz CT molecular complexity index is 1570. The van der Waals surface area contributed by atoms with Gasteiger partial charge in [-0.2, -0.15) is 0 Å². The Labute approximate surface area is 234 Å². The molecule has 9 nitrogen and oxygen atoms in total. The summed E-state index contributed by atoms with van der Waals surface area (Å²) in [5.41, 5.74) is 0.668. The highest BCUT2D eigenvalue weighted by molar-refractivity contribution is 7.98. The first-order valence-electron chi connectivity index (χ1n) is 12.3. The predicted molar refractivity (Wildman–Crippen MR) is 151 cm³/mol. The number of nitrogens with one attached hydrogen (secondary N) is 2. The van der Waals surface area contributed by atoms with Gasteiger partial charge >= 0.3 is 6.03 Å². The molecule has 3 aromatic heterocycles. The highest BCUT2D eigenvalue weighted by atomic mass is 32.2. The molecule has 39 heavy (non-hydrogen) atoms. The average Bonchev–Trinajstić information content (AvgIpc) is 3.64. The number of hydrogen-bond acceptors (Lipinski definition) is 9. The molecule has 0 spiro atoms. The third kappa shape index (κ3) is 6.35. The summed E-state index contributed by atoms with van der Waals surface area (Å²) >= 11 is 2.29. The molecule has 0 radical (unpaired) electrons. The zero-order chi connectivity index (χ0) is 27.2. The second-order valence-corrected chi connectivity index (χ2v) is 13.0. The Hall–Kier alpha value is -3.61. The molecule has 200 valence electrons. The SMILES string of the molecule is O=C(Nc1nc(CSc2ccccc2)c(S(=O)(=O)c2ccccn2)s1)Nc1ncccc1C(=O)C1CCCC1. The molecule has 0 saturated heterocycles. The zero-order valence-corrected chi connectivity index (χ0v) is 23.2. The Balaban J connectivity index is 1.38. The maximum absolute atomic E-state index is 13.4. The first kappa shape index (κ1) is 27.0. The zero-order valence-electron chi connectivity index (χ0n) is 20.7. The summed E-state index contributed by atoms with van der Waals surface area (Å²) in [5, 5.41) is 5.26. The number of nitrogens with zero attached hydrogens (tertiary/aromatic N) is 3. The van der Waals surface area contributed by atoms with Crippen LogP contribution in [0, 0.1) is 5.92 Å². The number of pyridine rings is 2. The lowest BCUT2D eigenvalue weighted by atomic mass is 9.97. The summed E-state index contributed by atoms with van der Waals surface area (Å²) < 4.78 is 26.9. The minimum atomic E-state index is -3.97. The fourth-order valence-corrected chi connectivity index (χ4v) is 8.07. The Morgan fingerprint density at radius 2 is 1.67 bits per heavy atom. The molecule has 0 bridgehead atoms. The van der Waals surface area contributed by atoms with Gasteiger partial charge in [-0.3, -0.25) is 15.4 Å². The minimum Gasteiger partial charge on any atom is -0.294 e. The van der Waals surface area contributed by atoms with E-state index in [1.807, 2.05) is 30.3 Å². The van der Waals surface area contributed by atoms with Gasteiger partial charge in [-0.15, -0.1) is 11.8 Å². The molecule has 12 heteroatoms. The fraction of sp³-hybridized carbons (Fsp3) is 0.222. The van der Waals surface area contributed by atoms with E-state index in [9.17, 15) is 18.0 Å². The van der Waals surface area contributed by atoms with Crippen molar-refractivity contribution >= 4 is 55.7 Å². The van der Waals surface area contributed by atoms with Crippen LogP contribution < -0.4 is 10.6 Å². The number of anilines is 2. The molecule has 1 aliphatic carbocycles. The van der Waals surface area contributed by atoms with Gasteiger partial charge in [-0.25, -0.2) is 28.2 Å². The molecule has 2 N–H and O–H groups in total. The van der Waals surface area contributed by atoms with E-state index in [2.05, 4.69) is 25.6 Å². The summed E-state index contributed by atoms with van der Waals surface area (Å²) in [6.45, 7) is 0. The molecular formula is C27H25N5O4S3. The summed E-state index contributed by atoms with van der Waals surface area (Å²) in [6, 6.07) is 16.9. The van der Waals surface area contributed by atoms with Crippen LogP contribution in [0.2, 0.25) is 0 Å². The average molecular weight is 580 g/mol. The van der Waals surface area contributed by atoms with Crippen molar-refractivity contribution in [2.45, 2.75) is 45.6 Å². The number of amides is 2. The third-order valence-corrected chi connectivity index (χ3v) is 10.4. The summed E-state index contributed by atoms with van der Waals surface area (Å²) in [7, 11) is -3.97. The van der Waals surface area contributed by atoms with Crippen molar-refractivity contribution in [2.24, 2.45) is 5.92 Å². The summed E-state index contributed by atoms with van der Waals surface area (Å²) in [4.78, 5) is 39.5. The predicted octanol–water partition coefficient (Wildman–Crippen LogP) is 6.08. The van der Waals surface area contributed by atoms with Crippen LogP contribution in [0.3, 0.4) is 0 Å². The van der Waals surface area contributed by atoms with Crippen molar-refractivity contribution in [2.75, 3.05) is 10.6 Å². The van der Waals surface area contributed by atoms with Crippen molar-refractivity contribution in [3.63, 3.8) is 0 Å². The highest BCUT2D eigenvalue weighted by Gasteiger charge is 2.29. The van der Waals surface area contributed by atoms with Crippen LogP contribution in [0.25, 0.3) is 0 Å². The van der Waals surface area contributed by atoms with Crippen LogP contribution in [0.4, 0.5) is 15.7 Å². The first-order chi connectivity index (χ1) is 18.9. The highest BCUT2D eigenvalue weighted by Crippen LogP contribution is 2.35. The Morgan fingerprint density at radius 1 is 0.923 bits per heavy atom. The van der Waals surface area contributed by atoms with Crippen molar-refractivity contribution < 1.29 is 18.0 Å². The van der Waals surface area contributed by atoms with Crippen LogP contribution in [0.1, 0.15) is 41.7 Å². The molecule has 0 atom stereocenters. The molecule has 5 rings (SSSR count). The van der Waals surface area contributed by atoms with Crippen molar-refractivity contribution in [1.29, 1.82) is 0 Å². The molecule has 3 heterocycles. The number of Topliss-reactive ketones (excluding diaryl/α,β-unsaturated/α-hetero) is 1. The van der Waals surface area contributed by atoms with Crippen LogP contribution in [0.5, 0.6) is 0 Å². The number of aromatic nitrogens is 3. The smallest absolute Gasteiger partial charge is 0.294 e. The number of rotatable bonds is 9. The fourth-order valence-electron chi connectivity index (χ4n) is 4.31. The molecule has 1 saturated carbocycles. The molecule has 0 aliphatic heterocycles. The van der Waals surface area contributed by atoms with Crippen LogP contribution in [-0.4, -0.2) is 35.2 Å². The van der Waals surface area contributed by atoms with Gasteiger partial charge < -0.3 is 0 Å². The number of carbonyl (C=O) groups excluding carboxylic acids is 2. The molecule has 1 fully saturated rings. The summed E-state index contributed by atoms with van der Waals surface area (Å²) in [5.74, 6) is 0.324. The number of thiazole rings is 1. The normalized spacial score (nSPS) is 13.7. The lowest BCUT2D eigenvalue weighted by molar-refractivity contribution is 0.0923. The van der Waals surface area contributed by atoms with Crippen molar-refractivity contribution in [1.82, 2.24) is 15.0 Å². The van der Waals surface area contributed by atoms with Crippen LogP contribution >= 0.6 is 23.1 Å².